The number of hydrogen-bond donors (Lipinski definition) is 2. The first-order valence-electron chi connectivity index (χ1n) is 8.57. The standard InChI is InChI=1S/C21H19N3O2/c25-21(22-11-5-6-15-12-23-24-13-15)26-14-20-18-9-3-1-7-16(18)17-8-2-4-10-19(17)20/h1-10,12-13,20H,11,14H2,(H,22,25)(H,23,24). The van der Waals surface area contributed by atoms with Crippen LogP contribution < -0.4 is 5.32 Å². The lowest BCUT2D eigenvalue weighted by Gasteiger charge is -2.14. The molecular weight excluding hydrogens is 326 g/mol. The molecule has 0 bridgehead atoms. The summed E-state index contributed by atoms with van der Waals surface area (Å²) in [5, 5.41) is 9.33. The molecule has 130 valence electrons. The molecule has 1 aliphatic rings. The van der Waals surface area contributed by atoms with Crippen molar-refractivity contribution >= 4 is 12.2 Å². The number of nitrogens with zero attached hydrogens (tertiary/aromatic N) is 1. The van der Waals surface area contributed by atoms with E-state index in [-0.39, 0.29) is 5.92 Å². The number of benzene rings is 2. The Morgan fingerprint density at radius 3 is 2.46 bits per heavy atom. The van der Waals surface area contributed by atoms with Crippen molar-refractivity contribution < 1.29 is 9.53 Å². The number of hydrogen-bond acceptors (Lipinski definition) is 3. The van der Waals surface area contributed by atoms with Crippen LogP contribution in [0, 0.1) is 0 Å². The summed E-state index contributed by atoms with van der Waals surface area (Å²) in [6, 6.07) is 16.6. The third-order valence-electron chi connectivity index (χ3n) is 4.54. The smallest absolute Gasteiger partial charge is 0.407 e. The van der Waals surface area contributed by atoms with Gasteiger partial charge < -0.3 is 10.1 Å². The molecule has 0 saturated heterocycles. The van der Waals surface area contributed by atoms with Crippen LogP contribution in [-0.4, -0.2) is 29.4 Å². The summed E-state index contributed by atoms with van der Waals surface area (Å²) < 4.78 is 5.47. The zero-order valence-electron chi connectivity index (χ0n) is 14.2. The number of H-pyrrole nitrogens is 1. The Morgan fingerprint density at radius 1 is 1.12 bits per heavy atom. The number of carbonyl (C=O) groups is 1. The molecule has 1 heterocycles. The van der Waals surface area contributed by atoms with E-state index in [0.717, 1.165) is 5.56 Å². The van der Waals surface area contributed by atoms with Crippen LogP contribution in [0.15, 0.2) is 67.0 Å². The van der Waals surface area contributed by atoms with Crippen LogP contribution in [0.4, 0.5) is 4.79 Å². The number of alkyl carbamates (subject to hydrolysis) is 1. The number of fused-ring (bicyclic) bond motifs is 3. The van der Waals surface area contributed by atoms with Gasteiger partial charge in [0.2, 0.25) is 0 Å². The van der Waals surface area contributed by atoms with E-state index in [4.69, 9.17) is 4.74 Å². The van der Waals surface area contributed by atoms with Gasteiger partial charge in [0.25, 0.3) is 0 Å². The van der Waals surface area contributed by atoms with E-state index in [0.29, 0.717) is 13.2 Å². The summed E-state index contributed by atoms with van der Waals surface area (Å²) in [5.74, 6) is 0.0784. The number of aromatic amines is 1. The molecule has 0 spiro atoms. The van der Waals surface area contributed by atoms with E-state index in [1.165, 1.54) is 22.3 Å². The highest BCUT2D eigenvalue weighted by Gasteiger charge is 2.28. The van der Waals surface area contributed by atoms with Crippen molar-refractivity contribution in [3.05, 3.63) is 83.7 Å². The molecule has 2 N–H and O–H groups in total. The molecule has 0 radical (unpaired) electrons. The van der Waals surface area contributed by atoms with Gasteiger partial charge in [-0.25, -0.2) is 4.79 Å². The van der Waals surface area contributed by atoms with Gasteiger partial charge in [-0.2, -0.15) is 5.10 Å². The highest BCUT2D eigenvalue weighted by atomic mass is 16.5. The van der Waals surface area contributed by atoms with Gasteiger partial charge >= 0.3 is 6.09 Å². The van der Waals surface area contributed by atoms with Crippen LogP contribution in [0.1, 0.15) is 22.6 Å². The SMILES string of the molecule is O=C(NCC=Cc1cn[nH]c1)OCC1c2ccccc2-c2ccccc21. The molecule has 1 aromatic heterocycles. The number of carbonyl (C=O) groups excluding carboxylic acids is 1. The molecule has 0 saturated carbocycles. The lowest BCUT2D eigenvalue weighted by atomic mass is 9.98. The van der Waals surface area contributed by atoms with Gasteiger partial charge in [-0.05, 0) is 22.3 Å². The van der Waals surface area contributed by atoms with Crippen molar-refractivity contribution in [3.8, 4) is 11.1 Å². The van der Waals surface area contributed by atoms with Crippen molar-refractivity contribution in [3.63, 3.8) is 0 Å². The van der Waals surface area contributed by atoms with Crippen molar-refractivity contribution in [2.75, 3.05) is 13.2 Å². The largest absolute Gasteiger partial charge is 0.449 e. The summed E-state index contributed by atoms with van der Waals surface area (Å²) in [4.78, 5) is 12.0. The molecule has 1 amide bonds. The first-order chi connectivity index (χ1) is 12.8. The maximum absolute atomic E-state index is 12.0. The number of ether oxygens (including phenoxy) is 1. The summed E-state index contributed by atoms with van der Waals surface area (Å²) in [6.07, 6.45) is 6.82. The molecule has 0 unspecified atom stereocenters. The molecule has 4 rings (SSSR count). The van der Waals surface area contributed by atoms with Gasteiger partial charge in [0.1, 0.15) is 6.61 Å². The Bertz CT molecular complexity index is 886. The third kappa shape index (κ3) is 3.24. The lowest BCUT2D eigenvalue weighted by molar-refractivity contribution is 0.144. The molecule has 0 fully saturated rings. The second-order valence-corrected chi connectivity index (χ2v) is 6.14. The predicted octanol–water partition coefficient (Wildman–Crippen LogP) is 3.96. The van der Waals surface area contributed by atoms with Gasteiger partial charge in [0.15, 0.2) is 0 Å². The van der Waals surface area contributed by atoms with Crippen LogP contribution >= 0.6 is 0 Å². The van der Waals surface area contributed by atoms with Crippen LogP contribution in [0.2, 0.25) is 0 Å². The molecule has 5 heteroatoms. The lowest BCUT2D eigenvalue weighted by Crippen LogP contribution is -2.26. The number of nitrogens with one attached hydrogen (secondary N) is 2. The van der Waals surface area contributed by atoms with Crippen molar-refractivity contribution in [1.29, 1.82) is 0 Å². The predicted molar refractivity (Wildman–Crippen MR) is 101 cm³/mol. The molecule has 0 aliphatic heterocycles. The van der Waals surface area contributed by atoms with Crippen LogP contribution in [0.25, 0.3) is 17.2 Å². The van der Waals surface area contributed by atoms with E-state index >= 15 is 0 Å². The summed E-state index contributed by atoms with van der Waals surface area (Å²) in [5.41, 5.74) is 5.82. The Balaban J connectivity index is 1.36. The number of amides is 1. The van der Waals surface area contributed by atoms with Crippen molar-refractivity contribution in [2.24, 2.45) is 0 Å². The molecule has 3 aromatic rings. The first kappa shape index (κ1) is 16.1. The quantitative estimate of drug-likeness (QED) is 0.735. The Labute approximate surface area is 151 Å². The van der Waals surface area contributed by atoms with E-state index in [1.807, 2.05) is 36.4 Å². The van der Waals surface area contributed by atoms with Gasteiger partial charge in [0, 0.05) is 24.2 Å². The molecule has 0 atom stereocenters. The second kappa shape index (κ2) is 7.27. The molecule has 2 aromatic carbocycles. The van der Waals surface area contributed by atoms with Crippen molar-refractivity contribution in [1.82, 2.24) is 15.5 Å². The topological polar surface area (TPSA) is 67.0 Å². The summed E-state index contributed by atoms with van der Waals surface area (Å²) in [6.45, 7) is 0.729. The van der Waals surface area contributed by atoms with E-state index in [9.17, 15) is 4.79 Å². The fraction of sp³-hybridized carbons (Fsp3) is 0.143. The van der Waals surface area contributed by atoms with Gasteiger partial charge in [-0.1, -0.05) is 60.7 Å². The maximum atomic E-state index is 12.0. The third-order valence-corrected chi connectivity index (χ3v) is 4.54. The van der Waals surface area contributed by atoms with E-state index in [2.05, 4.69) is 39.8 Å². The second-order valence-electron chi connectivity index (χ2n) is 6.14. The molecule has 5 nitrogen and oxygen atoms in total. The van der Waals surface area contributed by atoms with Crippen LogP contribution in [0.5, 0.6) is 0 Å². The maximum Gasteiger partial charge on any atom is 0.407 e. The first-order valence-corrected chi connectivity index (χ1v) is 8.57. The fourth-order valence-electron chi connectivity index (χ4n) is 3.34. The summed E-state index contributed by atoms with van der Waals surface area (Å²) in [7, 11) is 0. The molecular formula is C21H19N3O2. The zero-order chi connectivity index (χ0) is 17.8. The average Bonchev–Trinajstić information content (AvgIpc) is 3.30. The number of aromatic nitrogens is 2. The zero-order valence-corrected chi connectivity index (χ0v) is 14.2. The average molecular weight is 345 g/mol. The molecule has 26 heavy (non-hydrogen) atoms. The normalized spacial score (nSPS) is 12.8. The minimum Gasteiger partial charge on any atom is -0.449 e. The Kier molecular flexibility index (Phi) is 4.51. The van der Waals surface area contributed by atoms with Gasteiger partial charge in [0.05, 0.1) is 6.20 Å². The van der Waals surface area contributed by atoms with Crippen molar-refractivity contribution in [2.45, 2.75) is 5.92 Å². The highest BCUT2D eigenvalue weighted by molar-refractivity contribution is 5.79. The summed E-state index contributed by atoms with van der Waals surface area (Å²) >= 11 is 0. The molecule has 1 aliphatic carbocycles. The Hall–Kier alpha value is -3.34. The van der Waals surface area contributed by atoms with E-state index in [1.54, 1.807) is 12.4 Å². The minimum atomic E-state index is -0.413. The highest BCUT2D eigenvalue weighted by Crippen LogP contribution is 2.44. The minimum absolute atomic E-state index is 0.0784. The fourth-order valence-corrected chi connectivity index (χ4v) is 3.34. The van der Waals surface area contributed by atoms with Gasteiger partial charge in [-0.15, -0.1) is 0 Å². The van der Waals surface area contributed by atoms with Crippen LogP contribution in [-0.2, 0) is 4.74 Å². The number of rotatable bonds is 5. The Morgan fingerprint density at radius 2 is 1.81 bits per heavy atom. The van der Waals surface area contributed by atoms with E-state index < -0.39 is 6.09 Å². The monoisotopic (exact) mass is 345 g/mol. The van der Waals surface area contributed by atoms with Gasteiger partial charge in [-0.3, -0.25) is 5.10 Å². The van der Waals surface area contributed by atoms with Crippen LogP contribution in [0.3, 0.4) is 0 Å².